The fraction of sp³-hybridized carbons (Fsp3) is 1.00. The number of fused-ring (bicyclic) bond motifs is 2. The average molecular weight is 197 g/mol. The number of morpholine rings is 1. The van der Waals surface area contributed by atoms with Crippen molar-refractivity contribution in [1.29, 1.82) is 0 Å². The molecule has 2 aliphatic heterocycles. The SMILES string of the molecule is CCCC[C@@H](C)N1CC2CCC(C1)O2. The molecule has 0 aliphatic carbocycles. The summed E-state index contributed by atoms with van der Waals surface area (Å²) in [5.41, 5.74) is 0. The second-order valence-corrected chi connectivity index (χ2v) is 4.90. The third kappa shape index (κ3) is 2.29. The lowest BCUT2D eigenvalue weighted by Gasteiger charge is -2.36. The number of ether oxygens (including phenoxy) is 1. The van der Waals surface area contributed by atoms with Crippen LogP contribution in [0.4, 0.5) is 0 Å². The number of hydrogen-bond acceptors (Lipinski definition) is 2. The van der Waals surface area contributed by atoms with E-state index in [9.17, 15) is 0 Å². The Morgan fingerprint density at radius 3 is 2.50 bits per heavy atom. The highest BCUT2D eigenvalue weighted by atomic mass is 16.5. The summed E-state index contributed by atoms with van der Waals surface area (Å²) >= 11 is 0. The quantitative estimate of drug-likeness (QED) is 0.686. The van der Waals surface area contributed by atoms with Crippen LogP contribution in [0.5, 0.6) is 0 Å². The van der Waals surface area contributed by atoms with Crippen molar-refractivity contribution in [3.05, 3.63) is 0 Å². The van der Waals surface area contributed by atoms with Crippen molar-refractivity contribution in [3.63, 3.8) is 0 Å². The van der Waals surface area contributed by atoms with Gasteiger partial charge in [0.25, 0.3) is 0 Å². The van der Waals surface area contributed by atoms with Crippen molar-refractivity contribution < 1.29 is 4.74 Å². The molecule has 14 heavy (non-hydrogen) atoms. The molecule has 0 amide bonds. The van der Waals surface area contributed by atoms with Gasteiger partial charge in [-0.05, 0) is 26.2 Å². The Bertz CT molecular complexity index is 171. The summed E-state index contributed by atoms with van der Waals surface area (Å²) in [5, 5.41) is 0. The van der Waals surface area contributed by atoms with Crippen molar-refractivity contribution >= 4 is 0 Å². The predicted molar refractivity (Wildman–Crippen MR) is 58.5 cm³/mol. The maximum Gasteiger partial charge on any atom is 0.0707 e. The first-order valence-corrected chi connectivity index (χ1v) is 6.19. The monoisotopic (exact) mass is 197 g/mol. The highest BCUT2D eigenvalue weighted by Crippen LogP contribution is 2.28. The van der Waals surface area contributed by atoms with Crippen LogP contribution < -0.4 is 0 Å². The minimum Gasteiger partial charge on any atom is -0.372 e. The van der Waals surface area contributed by atoms with Crippen LogP contribution >= 0.6 is 0 Å². The molecule has 0 aromatic rings. The lowest BCUT2D eigenvalue weighted by atomic mass is 10.1. The second kappa shape index (κ2) is 4.63. The van der Waals surface area contributed by atoms with E-state index in [1.54, 1.807) is 0 Å². The van der Waals surface area contributed by atoms with Gasteiger partial charge in [-0.25, -0.2) is 0 Å². The Labute approximate surface area is 87.6 Å². The van der Waals surface area contributed by atoms with Gasteiger partial charge >= 0.3 is 0 Å². The van der Waals surface area contributed by atoms with Gasteiger partial charge < -0.3 is 4.74 Å². The molecule has 2 aliphatic rings. The molecule has 3 atom stereocenters. The average Bonchev–Trinajstić information content (AvgIpc) is 2.54. The van der Waals surface area contributed by atoms with Gasteiger partial charge in [-0.3, -0.25) is 4.90 Å². The Balaban J connectivity index is 1.80. The van der Waals surface area contributed by atoms with Crippen LogP contribution in [-0.2, 0) is 4.74 Å². The Morgan fingerprint density at radius 2 is 1.93 bits per heavy atom. The Morgan fingerprint density at radius 1 is 1.29 bits per heavy atom. The van der Waals surface area contributed by atoms with E-state index in [0.717, 1.165) is 6.04 Å². The van der Waals surface area contributed by atoms with E-state index in [-0.39, 0.29) is 0 Å². The van der Waals surface area contributed by atoms with Crippen molar-refractivity contribution in [2.75, 3.05) is 13.1 Å². The maximum atomic E-state index is 5.84. The molecule has 2 bridgehead atoms. The summed E-state index contributed by atoms with van der Waals surface area (Å²) in [6, 6.07) is 0.766. The zero-order chi connectivity index (χ0) is 9.97. The van der Waals surface area contributed by atoms with Gasteiger partial charge in [0.2, 0.25) is 0 Å². The third-order valence-corrected chi connectivity index (χ3v) is 3.67. The van der Waals surface area contributed by atoms with Gasteiger partial charge in [0.1, 0.15) is 0 Å². The van der Waals surface area contributed by atoms with Crippen LogP contribution in [-0.4, -0.2) is 36.2 Å². The standard InChI is InChI=1S/C12H23NO/c1-3-4-5-10(2)13-8-11-6-7-12(9-13)14-11/h10-12H,3-9H2,1-2H3/t10-,11?,12?/m1/s1. The van der Waals surface area contributed by atoms with Gasteiger partial charge in [-0.1, -0.05) is 19.8 Å². The van der Waals surface area contributed by atoms with Crippen molar-refractivity contribution in [2.45, 2.75) is 64.2 Å². The van der Waals surface area contributed by atoms with Gasteiger partial charge in [-0.2, -0.15) is 0 Å². The summed E-state index contributed by atoms with van der Waals surface area (Å²) in [5.74, 6) is 0. The van der Waals surface area contributed by atoms with E-state index in [0.29, 0.717) is 12.2 Å². The van der Waals surface area contributed by atoms with Crippen molar-refractivity contribution in [2.24, 2.45) is 0 Å². The zero-order valence-electron chi connectivity index (χ0n) is 9.54. The third-order valence-electron chi connectivity index (χ3n) is 3.67. The minimum atomic E-state index is 0.554. The summed E-state index contributed by atoms with van der Waals surface area (Å²) in [7, 11) is 0. The molecule has 0 aromatic carbocycles. The number of nitrogens with zero attached hydrogens (tertiary/aromatic N) is 1. The van der Waals surface area contributed by atoms with Gasteiger partial charge in [0.15, 0.2) is 0 Å². The van der Waals surface area contributed by atoms with Crippen LogP contribution in [0, 0.1) is 0 Å². The highest BCUT2D eigenvalue weighted by molar-refractivity contribution is 4.86. The smallest absolute Gasteiger partial charge is 0.0707 e. The molecule has 2 heteroatoms. The molecule has 0 N–H and O–H groups in total. The van der Waals surface area contributed by atoms with Gasteiger partial charge in [0, 0.05) is 19.1 Å². The fourth-order valence-corrected chi connectivity index (χ4v) is 2.69. The van der Waals surface area contributed by atoms with Crippen LogP contribution in [0.15, 0.2) is 0 Å². The topological polar surface area (TPSA) is 12.5 Å². The van der Waals surface area contributed by atoms with E-state index in [2.05, 4.69) is 18.7 Å². The van der Waals surface area contributed by atoms with Crippen molar-refractivity contribution in [3.8, 4) is 0 Å². The number of rotatable bonds is 4. The molecule has 2 nitrogen and oxygen atoms in total. The minimum absolute atomic E-state index is 0.554. The molecule has 0 radical (unpaired) electrons. The van der Waals surface area contributed by atoms with E-state index in [1.807, 2.05) is 0 Å². The van der Waals surface area contributed by atoms with E-state index < -0.39 is 0 Å². The zero-order valence-corrected chi connectivity index (χ0v) is 9.54. The Hall–Kier alpha value is -0.0800. The van der Waals surface area contributed by atoms with Crippen LogP contribution in [0.2, 0.25) is 0 Å². The summed E-state index contributed by atoms with van der Waals surface area (Å²) in [6.07, 6.45) is 7.74. The second-order valence-electron chi connectivity index (χ2n) is 4.90. The van der Waals surface area contributed by atoms with Gasteiger partial charge in [0.05, 0.1) is 12.2 Å². The number of hydrogen-bond donors (Lipinski definition) is 0. The van der Waals surface area contributed by atoms with Crippen LogP contribution in [0.25, 0.3) is 0 Å². The Kier molecular flexibility index (Phi) is 3.45. The molecule has 2 fully saturated rings. The molecule has 2 unspecified atom stereocenters. The first-order chi connectivity index (χ1) is 6.79. The molecule has 2 saturated heterocycles. The summed E-state index contributed by atoms with van der Waals surface area (Å²) < 4.78 is 5.84. The number of unbranched alkanes of at least 4 members (excludes halogenated alkanes) is 1. The van der Waals surface area contributed by atoms with E-state index in [1.165, 1.54) is 45.2 Å². The maximum absolute atomic E-state index is 5.84. The first kappa shape index (κ1) is 10.4. The normalized spacial score (nSPS) is 34.7. The largest absolute Gasteiger partial charge is 0.372 e. The lowest BCUT2D eigenvalue weighted by molar-refractivity contribution is -0.0514. The van der Waals surface area contributed by atoms with Crippen LogP contribution in [0.3, 0.4) is 0 Å². The molecule has 82 valence electrons. The predicted octanol–water partition coefficient (Wildman–Crippen LogP) is 2.43. The van der Waals surface area contributed by atoms with E-state index >= 15 is 0 Å². The molecular formula is C12H23NO. The molecule has 0 aromatic heterocycles. The van der Waals surface area contributed by atoms with Crippen molar-refractivity contribution in [1.82, 2.24) is 4.90 Å². The molecule has 0 saturated carbocycles. The molecule has 0 spiro atoms. The molecular weight excluding hydrogens is 174 g/mol. The summed E-state index contributed by atoms with van der Waals surface area (Å²) in [6.45, 7) is 7.01. The number of likely N-dealkylation sites (tertiary alicyclic amines) is 1. The molecule has 2 rings (SSSR count). The van der Waals surface area contributed by atoms with Crippen LogP contribution in [0.1, 0.15) is 46.0 Å². The van der Waals surface area contributed by atoms with E-state index in [4.69, 9.17) is 4.74 Å². The first-order valence-electron chi connectivity index (χ1n) is 6.19. The lowest BCUT2D eigenvalue weighted by Crippen LogP contribution is -2.46. The summed E-state index contributed by atoms with van der Waals surface area (Å²) in [4.78, 5) is 2.64. The molecule has 2 heterocycles. The highest BCUT2D eigenvalue weighted by Gasteiger charge is 2.34. The van der Waals surface area contributed by atoms with Gasteiger partial charge in [-0.15, -0.1) is 0 Å². The fourth-order valence-electron chi connectivity index (χ4n) is 2.69.